The lowest BCUT2D eigenvalue weighted by molar-refractivity contribution is -0.116. The van der Waals surface area contributed by atoms with Crippen molar-refractivity contribution in [3.05, 3.63) is 24.0 Å². The van der Waals surface area contributed by atoms with Gasteiger partial charge >= 0.3 is 0 Å². The summed E-state index contributed by atoms with van der Waals surface area (Å²) in [6.45, 7) is 1.86. The van der Waals surface area contributed by atoms with Crippen molar-refractivity contribution in [3.8, 4) is 0 Å². The van der Waals surface area contributed by atoms with E-state index in [0.29, 0.717) is 18.5 Å². The van der Waals surface area contributed by atoms with E-state index in [4.69, 9.17) is 0 Å². The molecular formula is C14H19FN2O3S. The number of anilines is 2. The van der Waals surface area contributed by atoms with Gasteiger partial charge in [0.15, 0.2) is 0 Å². The number of hydrogen-bond acceptors (Lipinski definition) is 3. The topological polar surface area (TPSA) is 66.5 Å². The van der Waals surface area contributed by atoms with Crippen LogP contribution in [0, 0.1) is 5.82 Å². The maximum atomic E-state index is 13.4. The number of nitrogens with zero attached hydrogens (tertiary/aromatic N) is 1. The van der Waals surface area contributed by atoms with E-state index >= 15 is 0 Å². The summed E-state index contributed by atoms with van der Waals surface area (Å²) >= 11 is 0. The van der Waals surface area contributed by atoms with Crippen molar-refractivity contribution in [3.63, 3.8) is 0 Å². The van der Waals surface area contributed by atoms with E-state index < -0.39 is 15.8 Å². The molecule has 0 aromatic heterocycles. The van der Waals surface area contributed by atoms with E-state index in [1.807, 2.05) is 6.92 Å². The lowest BCUT2D eigenvalue weighted by Crippen LogP contribution is -2.33. The van der Waals surface area contributed by atoms with Gasteiger partial charge < -0.3 is 5.32 Å². The van der Waals surface area contributed by atoms with Gasteiger partial charge in [0.2, 0.25) is 15.9 Å². The molecule has 1 aromatic rings. The van der Waals surface area contributed by atoms with Crippen LogP contribution in [0.5, 0.6) is 0 Å². The molecule has 0 radical (unpaired) electrons. The van der Waals surface area contributed by atoms with E-state index in [1.165, 1.54) is 16.4 Å². The molecule has 0 unspecified atom stereocenters. The number of amides is 1. The minimum Gasteiger partial charge on any atom is -0.324 e. The first-order chi connectivity index (χ1) is 9.82. The summed E-state index contributed by atoms with van der Waals surface area (Å²) in [5, 5.41) is 2.60. The second-order valence-electron chi connectivity index (χ2n) is 5.25. The van der Waals surface area contributed by atoms with Gasteiger partial charge in [-0.1, -0.05) is 6.92 Å². The number of nitrogens with one attached hydrogen (secondary N) is 1. The highest BCUT2D eigenvalue weighted by molar-refractivity contribution is 7.92. The van der Waals surface area contributed by atoms with Crippen LogP contribution in [0.1, 0.15) is 32.6 Å². The number of benzene rings is 1. The van der Waals surface area contributed by atoms with E-state index in [-0.39, 0.29) is 17.6 Å². The van der Waals surface area contributed by atoms with Crippen LogP contribution in [-0.2, 0) is 14.8 Å². The van der Waals surface area contributed by atoms with Gasteiger partial charge in [0.1, 0.15) is 5.82 Å². The Balaban J connectivity index is 2.40. The number of carbonyl (C=O) groups is 1. The molecule has 1 aromatic carbocycles. The molecule has 1 fully saturated rings. The van der Waals surface area contributed by atoms with Gasteiger partial charge in [0, 0.05) is 12.5 Å². The standard InChI is InChI=1S/C14H19FN2O3S/c1-3-4-14(18)16-12-9-10(15)5-8-13(12)17(11-6-7-11)21(2,19)20/h5,8-9,11H,3-4,6-7H2,1-2H3,(H,16,18). The van der Waals surface area contributed by atoms with Crippen LogP contribution in [0.4, 0.5) is 15.8 Å². The molecule has 1 aliphatic rings. The van der Waals surface area contributed by atoms with Gasteiger partial charge in [-0.15, -0.1) is 0 Å². The second-order valence-corrected chi connectivity index (χ2v) is 7.11. The summed E-state index contributed by atoms with van der Waals surface area (Å²) < 4.78 is 38.7. The monoisotopic (exact) mass is 314 g/mol. The fraction of sp³-hybridized carbons (Fsp3) is 0.500. The maximum absolute atomic E-state index is 13.4. The third-order valence-electron chi connectivity index (χ3n) is 3.18. The molecule has 0 aliphatic heterocycles. The van der Waals surface area contributed by atoms with Crippen LogP contribution < -0.4 is 9.62 Å². The molecule has 0 spiro atoms. The molecule has 0 atom stereocenters. The van der Waals surface area contributed by atoms with E-state index in [9.17, 15) is 17.6 Å². The number of sulfonamides is 1. The van der Waals surface area contributed by atoms with Crippen LogP contribution in [0.3, 0.4) is 0 Å². The van der Waals surface area contributed by atoms with Crippen LogP contribution >= 0.6 is 0 Å². The Morgan fingerprint density at radius 1 is 1.43 bits per heavy atom. The van der Waals surface area contributed by atoms with E-state index in [1.54, 1.807) is 0 Å². The Hall–Kier alpha value is -1.63. The number of rotatable bonds is 6. The fourth-order valence-electron chi connectivity index (χ4n) is 2.20. The molecule has 2 rings (SSSR count). The Morgan fingerprint density at radius 2 is 2.10 bits per heavy atom. The molecule has 0 heterocycles. The van der Waals surface area contributed by atoms with Crippen molar-refractivity contribution >= 4 is 27.3 Å². The van der Waals surface area contributed by atoms with Crippen LogP contribution in [0.25, 0.3) is 0 Å². The summed E-state index contributed by atoms with van der Waals surface area (Å²) in [5.74, 6) is -0.775. The lowest BCUT2D eigenvalue weighted by Gasteiger charge is -2.25. The third-order valence-corrected chi connectivity index (χ3v) is 4.39. The fourth-order valence-corrected chi connectivity index (χ4v) is 3.46. The SMILES string of the molecule is CCCC(=O)Nc1cc(F)ccc1N(C1CC1)S(C)(=O)=O. The van der Waals surface area contributed by atoms with Gasteiger partial charge in [-0.2, -0.15) is 0 Å². The normalized spacial score (nSPS) is 14.8. The lowest BCUT2D eigenvalue weighted by atomic mass is 10.2. The van der Waals surface area contributed by atoms with Crippen LogP contribution in [-0.4, -0.2) is 26.6 Å². The van der Waals surface area contributed by atoms with Crippen LogP contribution in [0.15, 0.2) is 18.2 Å². The highest BCUT2D eigenvalue weighted by Crippen LogP contribution is 2.38. The highest BCUT2D eigenvalue weighted by atomic mass is 32.2. The average molecular weight is 314 g/mol. The molecule has 1 aliphatic carbocycles. The van der Waals surface area contributed by atoms with Gasteiger partial charge in [-0.05, 0) is 37.5 Å². The number of halogens is 1. The van der Waals surface area contributed by atoms with Gasteiger partial charge in [0.25, 0.3) is 0 Å². The molecule has 21 heavy (non-hydrogen) atoms. The van der Waals surface area contributed by atoms with E-state index in [2.05, 4.69) is 5.32 Å². The third kappa shape index (κ3) is 3.93. The Labute approximate surface area is 124 Å². The Morgan fingerprint density at radius 3 is 2.62 bits per heavy atom. The molecule has 1 amide bonds. The van der Waals surface area contributed by atoms with Gasteiger partial charge in [-0.25, -0.2) is 12.8 Å². The van der Waals surface area contributed by atoms with Crippen molar-refractivity contribution in [2.45, 2.75) is 38.6 Å². The van der Waals surface area contributed by atoms with Crippen molar-refractivity contribution < 1.29 is 17.6 Å². The zero-order valence-electron chi connectivity index (χ0n) is 12.1. The van der Waals surface area contributed by atoms with Gasteiger partial charge in [0.05, 0.1) is 17.6 Å². The van der Waals surface area contributed by atoms with E-state index in [0.717, 1.165) is 25.2 Å². The van der Waals surface area contributed by atoms with Crippen molar-refractivity contribution in [2.24, 2.45) is 0 Å². The molecular weight excluding hydrogens is 295 g/mol. The Kier molecular flexibility index (Phi) is 4.51. The first kappa shape index (κ1) is 15.8. The summed E-state index contributed by atoms with van der Waals surface area (Å²) in [6, 6.07) is 3.65. The van der Waals surface area contributed by atoms with Crippen LogP contribution in [0.2, 0.25) is 0 Å². The predicted octanol–water partition coefficient (Wildman–Crippen LogP) is 2.49. The quantitative estimate of drug-likeness (QED) is 0.877. The van der Waals surface area contributed by atoms with Gasteiger partial charge in [-0.3, -0.25) is 9.10 Å². The minimum absolute atomic E-state index is 0.104. The van der Waals surface area contributed by atoms with Crippen molar-refractivity contribution in [1.29, 1.82) is 0 Å². The molecule has 7 heteroatoms. The second kappa shape index (κ2) is 6.01. The first-order valence-electron chi connectivity index (χ1n) is 6.91. The molecule has 0 bridgehead atoms. The summed E-state index contributed by atoms with van der Waals surface area (Å²) in [5.41, 5.74) is 0.525. The maximum Gasteiger partial charge on any atom is 0.232 e. The smallest absolute Gasteiger partial charge is 0.232 e. The molecule has 5 nitrogen and oxygen atoms in total. The Bertz CT molecular complexity index is 642. The molecule has 116 valence electrons. The first-order valence-corrected chi connectivity index (χ1v) is 8.76. The molecule has 1 saturated carbocycles. The molecule has 1 N–H and O–H groups in total. The predicted molar refractivity (Wildman–Crippen MR) is 80.3 cm³/mol. The zero-order valence-corrected chi connectivity index (χ0v) is 12.9. The summed E-state index contributed by atoms with van der Waals surface area (Å²) in [6.07, 6.45) is 3.62. The summed E-state index contributed by atoms with van der Waals surface area (Å²) in [4.78, 5) is 11.7. The largest absolute Gasteiger partial charge is 0.324 e. The zero-order chi connectivity index (χ0) is 15.6. The number of carbonyl (C=O) groups excluding carboxylic acids is 1. The van der Waals surface area contributed by atoms with Crippen molar-refractivity contribution in [1.82, 2.24) is 0 Å². The van der Waals surface area contributed by atoms with Crippen molar-refractivity contribution in [2.75, 3.05) is 15.9 Å². The summed E-state index contributed by atoms with van der Waals surface area (Å²) in [7, 11) is -3.48. The minimum atomic E-state index is -3.48. The molecule has 0 saturated heterocycles. The highest BCUT2D eigenvalue weighted by Gasteiger charge is 2.36. The average Bonchev–Trinajstić information content (AvgIpc) is 3.15. The number of hydrogen-bond donors (Lipinski definition) is 1.